The van der Waals surface area contributed by atoms with Gasteiger partial charge in [-0.3, -0.25) is 14.3 Å². The molecule has 0 aliphatic carbocycles. The SMILES string of the molecule is CC(=O)c1ccc(OCc2ccc(C(=O)Nc3cnn(Cc4cccc(C)c4)c3)o2)cc1. The summed E-state index contributed by atoms with van der Waals surface area (Å²) in [7, 11) is 0. The van der Waals surface area contributed by atoms with Crippen molar-refractivity contribution in [2.24, 2.45) is 0 Å². The summed E-state index contributed by atoms with van der Waals surface area (Å²) in [6, 6.07) is 18.4. The minimum absolute atomic E-state index is 0.000977. The van der Waals surface area contributed by atoms with Gasteiger partial charge in [-0.2, -0.15) is 5.10 Å². The third-order valence-corrected chi connectivity index (χ3v) is 4.85. The number of benzene rings is 2. The van der Waals surface area contributed by atoms with Gasteiger partial charge in [-0.1, -0.05) is 29.8 Å². The highest BCUT2D eigenvalue weighted by Gasteiger charge is 2.13. The lowest BCUT2D eigenvalue weighted by molar-refractivity contribution is 0.0990. The highest BCUT2D eigenvalue weighted by atomic mass is 16.5. The van der Waals surface area contributed by atoms with E-state index in [9.17, 15) is 9.59 Å². The second-order valence-electron chi connectivity index (χ2n) is 7.50. The van der Waals surface area contributed by atoms with Crippen LogP contribution in [-0.4, -0.2) is 21.5 Å². The Hall–Kier alpha value is -4.13. The fraction of sp³-hybridized carbons (Fsp3) is 0.160. The van der Waals surface area contributed by atoms with Gasteiger partial charge in [-0.15, -0.1) is 0 Å². The molecule has 2 aromatic heterocycles. The molecule has 1 N–H and O–H groups in total. The first-order valence-corrected chi connectivity index (χ1v) is 10.2. The van der Waals surface area contributed by atoms with Gasteiger partial charge in [0.15, 0.2) is 11.5 Å². The van der Waals surface area contributed by atoms with Gasteiger partial charge in [-0.05, 0) is 55.8 Å². The predicted octanol–water partition coefficient (Wildman–Crippen LogP) is 4.87. The third kappa shape index (κ3) is 5.31. The van der Waals surface area contributed by atoms with Crippen LogP contribution >= 0.6 is 0 Å². The molecule has 1 amide bonds. The number of aromatic nitrogens is 2. The second kappa shape index (κ2) is 9.34. The lowest BCUT2D eigenvalue weighted by atomic mass is 10.1. The molecular formula is C25H23N3O4. The molecule has 0 unspecified atom stereocenters. The monoisotopic (exact) mass is 429 g/mol. The highest BCUT2D eigenvalue weighted by Crippen LogP contribution is 2.17. The van der Waals surface area contributed by atoms with E-state index in [1.54, 1.807) is 53.5 Å². The van der Waals surface area contributed by atoms with Gasteiger partial charge >= 0.3 is 0 Å². The number of nitrogens with one attached hydrogen (secondary N) is 1. The summed E-state index contributed by atoms with van der Waals surface area (Å²) in [5.41, 5.74) is 3.53. The van der Waals surface area contributed by atoms with Crippen LogP contribution in [-0.2, 0) is 13.2 Å². The molecule has 2 heterocycles. The van der Waals surface area contributed by atoms with Crippen molar-refractivity contribution in [2.45, 2.75) is 27.0 Å². The number of hydrogen-bond acceptors (Lipinski definition) is 5. The molecule has 0 atom stereocenters. The highest BCUT2D eigenvalue weighted by molar-refractivity contribution is 6.02. The van der Waals surface area contributed by atoms with Gasteiger partial charge in [0, 0.05) is 11.8 Å². The lowest BCUT2D eigenvalue weighted by Crippen LogP contribution is -2.10. The first-order valence-electron chi connectivity index (χ1n) is 10.2. The largest absolute Gasteiger partial charge is 0.486 e. The second-order valence-corrected chi connectivity index (χ2v) is 7.50. The van der Waals surface area contributed by atoms with Crippen molar-refractivity contribution < 1.29 is 18.7 Å². The Bertz CT molecular complexity index is 1240. The molecule has 7 heteroatoms. The Labute approximate surface area is 185 Å². The zero-order valence-corrected chi connectivity index (χ0v) is 17.9. The molecular weight excluding hydrogens is 406 g/mol. The van der Waals surface area contributed by atoms with Crippen LogP contribution < -0.4 is 10.1 Å². The number of anilines is 1. The fourth-order valence-corrected chi connectivity index (χ4v) is 3.22. The smallest absolute Gasteiger partial charge is 0.291 e. The van der Waals surface area contributed by atoms with Crippen molar-refractivity contribution in [2.75, 3.05) is 5.32 Å². The molecule has 0 saturated carbocycles. The first kappa shape index (κ1) is 21.1. The number of aryl methyl sites for hydroxylation is 1. The molecule has 0 aliphatic rings. The van der Waals surface area contributed by atoms with E-state index in [1.807, 2.05) is 25.1 Å². The summed E-state index contributed by atoms with van der Waals surface area (Å²) in [4.78, 5) is 23.8. The van der Waals surface area contributed by atoms with E-state index in [1.165, 1.54) is 12.5 Å². The third-order valence-electron chi connectivity index (χ3n) is 4.85. The molecule has 4 rings (SSSR count). The van der Waals surface area contributed by atoms with E-state index in [4.69, 9.17) is 9.15 Å². The van der Waals surface area contributed by atoms with Gasteiger partial charge < -0.3 is 14.5 Å². The standard InChI is InChI=1S/C25H23N3O4/c1-17-4-3-5-19(12-17)14-28-15-21(13-26-28)27-25(30)24-11-10-23(32-24)16-31-22-8-6-20(7-9-22)18(2)29/h3-13,15H,14,16H2,1-2H3,(H,27,30). The van der Waals surface area contributed by atoms with E-state index >= 15 is 0 Å². The van der Waals surface area contributed by atoms with E-state index in [0.717, 1.165) is 5.56 Å². The van der Waals surface area contributed by atoms with E-state index in [2.05, 4.69) is 16.5 Å². The Morgan fingerprint density at radius 3 is 2.66 bits per heavy atom. The summed E-state index contributed by atoms with van der Waals surface area (Å²) < 4.78 is 13.0. The van der Waals surface area contributed by atoms with Crippen LogP contribution in [0.4, 0.5) is 5.69 Å². The van der Waals surface area contributed by atoms with Crippen molar-refractivity contribution in [3.8, 4) is 5.75 Å². The normalized spacial score (nSPS) is 10.7. The molecule has 4 aromatic rings. The average Bonchev–Trinajstić information content (AvgIpc) is 3.42. The van der Waals surface area contributed by atoms with Gasteiger partial charge in [0.25, 0.3) is 5.91 Å². The number of carbonyl (C=O) groups is 2. The molecule has 0 radical (unpaired) electrons. The summed E-state index contributed by atoms with van der Waals surface area (Å²) >= 11 is 0. The van der Waals surface area contributed by atoms with Crippen molar-refractivity contribution in [1.29, 1.82) is 0 Å². The average molecular weight is 429 g/mol. The minimum Gasteiger partial charge on any atom is -0.486 e. The van der Waals surface area contributed by atoms with Gasteiger partial charge in [0.1, 0.15) is 18.1 Å². The Balaban J connectivity index is 1.32. The number of nitrogens with zero attached hydrogens (tertiary/aromatic N) is 2. The molecule has 0 spiro atoms. The van der Waals surface area contributed by atoms with Crippen LogP contribution in [0, 0.1) is 6.92 Å². The molecule has 2 aromatic carbocycles. The van der Waals surface area contributed by atoms with E-state index < -0.39 is 0 Å². The lowest BCUT2D eigenvalue weighted by Gasteiger charge is -2.05. The molecule has 0 fully saturated rings. The number of ketones is 1. The van der Waals surface area contributed by atoms with Crippen LogP contribution in [0.1, 0.15) is 44.7 Å². The molecule has 32 heavy (non-hydrogen) atoms. The van der Waals surface area contributed by atoms with Crippen molar-refractivity contribution in [1.82, 2.24) is 9.78 Å². The maximum Gasteiger partial charge on any atom is 0.291 e. The zero-order valence-electron chi connectivity index (χ0n) is 17.9. The molecule has 162 valence electrons. The Kier molecular flexibility index (Phi) is 6.17. The maximum atomic E-state index is 12.5. The Morgan fingerprint density at radius 1 is 1.09 bits per heavy atom. The summed E-state index contributed by atoms with van der Waals surface area (Å²) in [5.74, 6) is 0.942. The van der Waals surface area contributed by atoms with Gasteiger partial charge in [0.2, 0.25) is 0 Å². The van der Waals surface area contributed by atoms with Crippen molar-refractivity contribution in [3.63, 3.8) is 0 Å². The maximum absolute atomic E-state index is 12.5. The van der Waals surface area contributed by atoms with Gasteiger partial charge in [0.05, 0.1) is 18.4 Å². The molecule has 7 nitrogen and oxygen atoms in total. The first-order chi connectivity index (χ1) is 15.5. The number of amides is 1. The minimum atomic E-state index is -0.364. The topological polar surface area (TPSA) is 86.4 Å². The molecule has 0 bridgehead atoms. The number of rotatable bonds is 8. The van der Waals surface area contributed by atoms with E-state index in [-0.39, 0.29) is 24.1 Å². The molecule has 0 saturated heterocycles. The number of hydrogen-bond donors (Lipinski definition) is 1. The number of ether oxygens (including phenoxy) is 1. The number of carbonyl (C=O) groups excluding carboxylic acids is 2. The summed E-state index contributed by atoms with van der Waals surface area (Å²) in [6.07, 6.45) is 3.38. The van der Waals surface area contributed by atoms with Crippen LogP contribution in [0.2, 0.25) is 0 Å². The van der Waals surface area contributed by atoms with Crippen LogP contribution in [0.15, 0.2) is 77.5 Å². The van der Waals surface area contributed by atoms with Crippen LogP contribution in [0.5, 0.6) is 5.75 Å². The van der Waals surface area contributed by atoms with Crippen molar-refractivity contribution in [3.05, 3.63) is 101 Å². The zero-order chi connectivity index (χ0) is 22.5. The van der Waals surface area contributed by atoms with Gasteiger partial charge in [-0.25, -0.2) is 0 Å². The van der Waals surface area contributed by atoms with E-state index in [0.29, 0.717) is 29.3 Å². The quantitative estimate of drug-likeness (QED) is 0.404. The summed E-state index contributed by atoms with van der Waals surface area (Å²) in [6.45, 7) is 4.35. The van der Waals surface area contributed by atoms with Crippen LogP contribution in [0.3, 0.4) is 0 Å². The molecule has 0 aliphatic heterocycles. The number of Topliss-reactive ketones (excluding diaryl/α,β-unsaturated/α-hetero) is 1. The fourth-order valence-electron chi connectivity index (χ4n) is 3.22. The van der Waals surface area contributed by atoms with Crippen molar-refractivity contribution >= 4 is 17.4 Å². The predicted molar refractivity (Wildman–Crippen MR) is 120 cm³/mol. The van der Waals surface area contributed by atoms with Crippen LogP contribution in [0.25, 0.3) is 0 Å². The Morgan fingerprint density at radius 2 is 1.91 bits per heavy atom. The number of furan rings is 1. The summed E-state index contributed by atoms with van der Waals surface area (Å²) in [5, 5.41) is 7.09.